The molecule has 26 heavy (non-hydrogen) atoms. The van der Waals surface area contributed by atoms with Gasteiger partial charge >= 0.3 is 11.8 Å². The second-order valence-electron chi connectivity index (χ2n) is 7.82. The normalized spacial score (nSPS) is 28.1. The van der Waals surface area contributed by atoms with Crippen molar-refractivity contribution in [2.75, 3.05) is 0 Å². The van der Waals surface area contributed by atoms with Crippen molar-refractivity contribution in [3.63, 3.8) is 0 Å². The molecule has 0 atom stereocenters. The van der Waals surface area contributed by atoms with Crippen LogP contribution in [0, 0.1) is 11.8 Å². The van der Waals surface area contributed by atoms with Crippen LogP contribution in [0.2, 0.25) is 0 Å². The maximum absolute atomic E-state index is 14.2. The van der Waals surface area contributed by atoms with Gasteiger partial charge in [-0.15, -0.1) is 0 Å². The molecule has 0 aromatic heterocycles. The van der Waals surface area contributed by atoms with E-state index in [-0.39, 0.29) is 12.8 Å². The summed E-state index contributed by atoms with van der Waals surface area (Å²) >= 11 is 0. The summed E-state index contributed by atoms with van der Waals surface area (Å²) in [4.78, 5) is 0. The summed E-state index contributed by atoms with van der Waals surface area (Å²) in [5.74, 6) is -6.78. The van der Waals surface area contributed by atoms with Crippen molar-refractivity contribution >= 4 is 0 Å². The highest BCUT2D eigenvalue weighted by molar-refractivity contribution is 5.37. The zero-order valence-electron chi connectivity index (χ0n) is 16.0. The van der Waals surface area contributed by atoms with Gasteiger partial charge < -0.3 is 0 Å². The number of hydrogen-bond acceptors (Lipinski definition) is 0. The first-order valence-corrected chi connectivity index (χ1v) is 10.2. The Morgan fingerprint density at radius 3 is 2.00 bits per heavy atom. The molecule has 0 unspecified atom stereocenters. The molecule has 0 aromatic rings. The standard InChI is InChI=1S/C22H32F4/c1-3-7-17-11-13-18(14-12-17)9-5-6-10-20-16-15-19(8-4-2)21(23,24)22(20,25)26/h5,9,15-18H,3-4,6-8,10-14H2,1-2H3/b9-5+. The van der Waals surface area contributed by atoms with Crippen molar-refractivity contribution in [1.29, 1.82) is 0 Å². The molecule has 148 valence electrons. The zero-order chi connectivity index (χ0) is 19.2. The maximum Gasteiger partial charge on any atom is 0.335 e. The minimum atomic E-state index is -4.07. The van der Waals surface area contributed by atoms with Gasteiger partial charge in [-0.1, -0.05) is 57.4 Å². The average molecular weight is 372 g/mol. The molecule has 1 fully saturated rings. The van der Waals surface area contributed by atoms with E-state index in [0.717, 1.165) is 18.8 Å². The predicted octanol–water partition coefficient (Wildman–Crippen LogP) is 7.87. The highest BCUT2D eigenvalue weighted by atomic mass is 19.3. The van der Waals surface area contributed by atoms with Gasteiger partial charge in [-0.25, -0.2) is 0 Å². The Morgan fingerprint density at radius 1 is 0.885 bits per heavy atom. The van der Waals surface area contributed by atoms with Gasteiger partial charge in [0.25, 0.3) is 0 Å². The average Bonchev–Trinajstić information content (AvgIpc) is 2.60. The van der Waals surface area contributed by atoms with Crippen molar-refractivity contribution in [1.82, 2.24) is 0 Å². The number of halogens is 4. The summed E-state index contributed by atoms with van der Waals surface area (Å²) in [7, 11) is 0. The topological polar surface area (TPSA) is 0 Å². The van der Waals surface area contributed by atoms with Gasteiger partial charge in [0.2, 0.25) is 0 Å². The Morgan fingerprint density at radius 2 is 1.46 bits per heavy atom. The van der Waals surface area contributed by atoms with Gasteiger partial charge in [-0.3, -0.25) is 0 Å². The van der Waals surface area contributed by atoms with Crippen LogP contribution in [0.25, 0.3) is 0 Å². The van der Waals surface area contributed by atoms with Crippen LogP contribution in [-0.4, -0.2) is 11.8 Å². The third kappa shape index (κ3) is 4.80. The van der Waals surface area contributed by atoms with E-state index >= 15 is 0 Å². The maximum atomic E-state index is 14.2. The monoisotopic (exact) mass is 372 g/mol. The third-order valence-corrected chi connectivity index (χ3v) is 5.78. The molecule has 0 saturated heterocycles. The third-order valence-electron chi connectivity index (χ3n) is 5.78. The smallest absolute Gasteiger partial charge is 0.194 e. The second-order valence-corrected chi connectivity index (χ2v) is 7.82. The van der Waals surface area contributed by atoms with Crippen molar-refractivity contribution in [3.05, 3.63) is 35.5 Å². The van der Waals surface area contributed by atoms with Gasteiger partial charge in [0, 0.05) is 11.1 Å². The summed E-state index contributed by atoms with van der Waals surface area (Å²) in [5.41, 5.74) is -0.896. The Balaban J connectivity index is 1.87. The summed E-state index contributed by atoms with van der Waals surface area (Å²) < 4.78 is 56.7. The minimum Gasteiger partial charge on any atom is -0.194 e. The molecule has 0 nitrogen and oxygen atoms in total. The molecular weight excluding hydrogens is 340 g/mol. The fraction of sp³-hybridized carbons (Fsp3) is 0.727. The van der Waals surface area contributed by atoms with Crippen LogP contribution in [0.4, 0.5) is 17.6 Å². The van der Waals surface area contributed by atoms with Crippen LogP contribution in [0.3, 0.4) is 0 Å². The molecule has 0 bridgehead atoms. The van der Waals surface area contributed by atoms with Gasteiger partial charge in [0.05, 0.1) is 0 Å². The molecule has 2 aliphatic rings. The van der Waals surface area contributed by atoms with E-state index in [4.69, 9.17) is 0 Å². The Kier molecular flexibility index (Phi) is 7.54. The molecule has 1 saturated carbocycles. The summed E-state index contributed by atoms with van der Waals surface area (Å²) in [6, 6.07) is 0. The minimum absolute atomic E-state index is 0.00692. The van der Waals surface area contributed by atoms with E-state index in [1.54, 1.807) is 6.92 Å². The van der Waals surface area contributed by atoms with E-state index in [2.05, 4.69) is 13.0 Å². The first-order chi connectivity index (χ1) is 12.3. The Hall–Kier alpha value is -1.06. The SMILES string of the molecule is CCCC1=CC=C(CC/C=C/C2CCC(CCC)CC2)C(F)(F)C1(F)F. The molecule has 0 amide bonds. The fourth-order valence-corrected chi connectivity index (χ4v) is 4.17. The lowest BCUT2D eigenvalue weighted by Crippen LogP contribution is -2.45. The van der Waals surface area contributed by atoms with Gasteiger partial charge in [0.1, 0.15) is 0 Å². The molecule has 2 rings (SSSR count). The predicted molar refractivity (Wildman–Crippen MR) is 99.7 cm³/mol. The van der Waals surface area contributed by atoms with E-state index in [1.807, 2.05) is 6.08 Å². The van der Waals surface area contributed by atoms with Gasteiger partial charge in [0.15, 0.2) is 0 Å². The van der Waals surface area contributed by atoms with Crippen molar-refractivity contribution < 1.29 is 17.6 Å². The van der Waals surface area contributed by atoms with Crippen LogP contribution >= 0.6 is 0 Å². The molecule has 0 aromatic carbocycles. The molecule has 4 heteroatoms. The highest BCUT2D eigenvalue weighted by Crippen LogP contribution is 2.49. The van der Waals surface area contributed by atoms with Crippen LogP contribution in [0.1, 0.15) is 78.1 Å². The first kappa shape index (κ1) is 21.2. The summed E-state index contributed by atoms with van der Waals surface area (Å²) in [6.45, 7) is 3.93. The lowest BCUT2D eigenvalue weighted by Gasteiger charge is -2.33. The summed E-state index contributed by atoms with van der Waals surface area (Å²) in [5, 5.41) is 0. The quantitative estimate of drug-likeness (QED) is 0.300. The van der Waals surface area contributed by atoms with E-state index in [1.165, 1.54) is 37.8 Å². The molecule has 0 spiro atoms. The molecule has 0 aliphatic heterocycles. The molecule has 0 radical (unpaired) electrons. The molecule has 0 N–H and O–H groups in total. The van der Waals surface area contributed by atoms with Crippen LogP contribution in [-0.2, 0) is 0 Å². The van der Waals surface area contributed by atoms with Crippen molar-refractivity contribution in [2.24, 2.45) is 11.8 Å². The highest BCUT2D eigenvalue weighted by Gasteiger charge is 2.60. The summed E-state index contributed by atoms with van der Waals surface area (Å²) in [6.07, 6.45) is 14.6. The molecule has 2 aliphatic carbocycles. The second kappa shape index (κ2) is 9.23. The Bertz CT molecular complexity index is 534. The number of allylic oxidation sites excluding steroid dienone is 6. The first-order valence-electron chi connectivity index (χ1n) is 10.2. The van der Waals surface area contributed by atoms with Gasteiger partial charge in [-0.2, -0.15) is 17.6 Å². The van der Waals surface area contributed by atoms with Crippen molar-refractivity contribution in [3.8, 4) is 0 Å². The van der Waals surface area contributed by atoms with E-state index in [9.17, 15) is 17.6 Å². The van der Waals surface area contributed by atoms with Crippen LogP contribution in [0.15, 0.2) is 35.5 Å². The number of rotatable bonds is 8. The largest absolute Gasteiger partial charge is 0.335 e. The zero-order valence-corrected chi connectivity index (χ0v) is 16.0. The number of hydrogen-bond donors (Lipinski definition) is 0. The van der Waals surface area contributed by atoms with E-state index in [0.29, 0.717) is 18.8 Å². The van der Waals surface area contributed by atoms with Crippen LogP contribution < -0.4 is 0 Å². The lowest BCUT2D eigenvalue weighted by molar-refractivity contribution is -0.165. The van der Waals surface area contributed by atoms with E-state index < -0.39 is 23.0 Å². The van der Waals surface area contributed by atoms with Crippen LogP contribution in [0.5, 0.6) is 0 Å². The van der Waals surface area contributed by atoms with Gasteiger partial charge in [-0.05, 0) is 56.8 Å². The Labute approximate surface area is 155 Å². The van der Waals surface area contributed by atoms with Crippen molar-refractivity contribution in [2.45, 2.75) is 89.9 Å². The fourth-order valence-electron chi connectivity index (χ4n) is 4.17. The molecule has 0 heterocycles. The molecular formula is C22H32F4. The lowest BCUT2D eigenvalue weighted by atomic mass is 9.80. The number of alkyl halides is 4.